The van der Waals surface area contributed by atoms with E-state index in [-0.39, 0.29) is 29.7 Å². The Bertz CT molecular complexity index is 799. The molecule has 27 heavy (non-hydrogen) atoms. The van der Waals surface area contributed by atoms with Crippen LogP contribution in [-0.4, -0.2) is 36.4 Å². The van der Waals surface area contributed by atoms with Crippen LogP contribution in [0.5, 0.6) is 5.75 Å². The lowest BCUT2D eigenvalue weighted by Crippen LogP contribution is -2.30. The zero-order chi connectivity index (χ0) is 19.2. The van der Waals surface area contributed by atoms with E-state index < -0.39 is 12.5 Å². The van der Waals surface area contributed by atoms with Crippen molar-refractivity contribution in [3.05, 3.63) is 60.2 Å². The average molecular weight is 374 g/mol. The molecule has 3 rings (SSSR count). The van der Waals surface area contributed by atoms with E-state index >= 15 is 0 Å². The number of nitrogens with one attached hydrogen (secondary N) is 1. The highest BCUT2D eigenvalue weighted by Gasteiger charge is 2.34. The first-order chi connectivity index (χ1) is 13.0. The normalized spacial score (nSPS) is 16.6. The number of hydrogen-bond acceptors (Lipinski definition) is 3. The lowest BCUT2D eigenvalue weighted by Gasteiger charge is -2.17. The summed E-state index contributed by atoms with van der Waals surface area (Å²) in [4.78, 5) is 26.3. The summed E-state index contributed by atoms with van der Waals surface area (Å²) < 4.78 is 29.4. The van der Waals surface area contributed by atoms with E-state index in [1.54, 1.807) is 11.0 Å². The number of nitrogens with zero attached hydrogens (tertiary/aromatic N) is 1. The lowest BCUT2D eigenvalue weighted by molar-refractivity contribution is -0.128. The van der Waals surface area contributed by atoms with Gasteiger partial charge in [0.05, 0.1) is 11.6 Å². The summed E-state index contributed by atoms with van der Waals surface area (Å²) in [7, 11) is 0. The van der Waals surface area contributed by atoms with Crippen molar-refractivity contribution < 1.29 is 23.1 Å². The Morgan fingerprint density at radius 2 is 1.85 bits per heavy atom. The van der Waals surface area contributed by atoms with Crippen molar-refractivity contribution in [3.8, 4) is 5.75 Å². The van der Waals surface area contributed by atoms with Crippen LogP contribution in [0.15, 0.2) is 54.6 Å². The van der Waals surface area contributed by atoms with E-state index in [4.69, 9.17) is 0 Å². The van der Waals surface area contributed by atoms with Gasteiger partial charge in [-0.25, -0.2) is 0 Å². The minimum Gasteiger partial charge on any atom is -0.433 e. The highest BCUT2D eigenvalue weighted by atomic mass is 19.3. The summed E-state index contributed by atoms with van der Waals surface area (Å²) in [5.41, 5.74) is 1.29. The second kappa shape index (κ2) is 8.62. The van der Waals surface area contributed by atoms with Gasteiger partial charge in [0.25, 0.3) is 0 Å². The van der Waals surface area contributed by atoms with E-state index in [9.17, 15) is 18.4 Å². The smallest absolute Gasteiger partial charge is 0.387 e. The molecule has 2 aromatic rings. The predicted octanol–water partition coefficient (Wildman–Crippen LogP) is 3.32. The molecule has 1 N–H and O–H groups in total. The van der Waals surface area contributed by atoms with Crippen LogP contribution in [0.25, 0.3) is 0 Å². The highest BCUT2D eigenvalue weighted by molar-refractivity contribution is 5.98. The van der Waals surface area contributed by atoms with Crippen molar-refractivity contribution in [3.63, 3.8) is 0 Å². The summed E-state index contributed by atoms with van der Waals surface area (Å²) in [6.45, 7) is -2.13. The Morgan fingerprint density at radius 1 is 1.15 bits per heavy atom. The van der Waals surface area contributed by atoms with Crippen molar-refractivity contribution in [2.75, 3.05) is 18.4 Å². The number of hydrogen-bond donors (Lipinski definition) is 1. The van der Waals surface area contributed by atoms with Crippen molar-refractivity contribution in [2.24, 2.45) is 5.92 Å². The third-order valence-corrected chi connectivity index (χ3v) is 4.46. The second-order valence-electron chi connectivity index (χ2n) is 6.34. The SMILES string of the molecule is O=C(Nc1ccccc1OC(F)F)[C@H]1CC(=O)N(CCc2ccccc2)C1. The number of rotatable bonds is 7. The maximum Gasteiger partial charge on any atom is 0.387 e. The minimum atomic E-state index is -2.98. The number of para-hydroxylation sites is 2. The topological polar surface area (TPSA) is 58.6 Å². The molecule has 1 aliphatic heterocycles. The van der Waals surface area contributed by atoms with Gasteiger partial charge in [0.1, 0.15) is 5.75 Å². The molecule has 0 saturated carbocycles. The first-order valence-corrected chi connectivity index (χ1v) is 8.69. The quantitative estimate of drug-likeness (QED) is 0.809. The maximum absolute atomic E-state index is 12.5. The van der Waals surface area contributed by atoms with Crippen LogP contribution in [-0.2, 0) is 16.0 Å². The van der Waals surface area contributed by atoms with E-state index in [0.29, 0.717) is 19.5 Å². The zero-order valence-corrected chi connectivity index (χ0v) is 14.6. The fraction of sp³-hybridized carbons (Fsp3) is 0.300. The highest BCUT2D eigenvalue weighted by Crippen LogP contribution is 2.27. The molecule has 1 aliphatic rings. The second-order valence-corrected chi connectivity index (χ2v) is 6.34. The van der Waals surface area contributed by atoms with Crippen LogP contribution in [0.1, 0.15) is 12.0 Å². The number of alkyl halides is 2. The number of likely N-dealkylation sites (tertiary alicyclic amines) is 1. The number of halogens is 2. The van der Waals surface area contributed by atoms with E-state index in [0.717, 1.165) is 5.56 Å². The molecule has 0 spiro atoms. The molecule has 7 heteroatoms. The molecule has 1 saturated heterocycles. The Hall–Kier alpha value is -2.96. The van der Waals surface area contributed by atoms with Crippen LogP contribution in [0.4, 0.5) is 14.5 Å². The van der Waals surface area contributed by atoms with Crippen molar-refractivity contribution >= 4 is 17.5 Å². The van der Waals surface area contributed by atoms with Crippen molar-refractivity contribution in [1.29, 1.82) is 0 Å². The molecule has 0 aliphatic carbocycles. The lowest BCUT2D eigenvalue weighted by atomic mass is 10.1. The number of benzene rings is 2. The number of carbonyl (C=O) groups is 2. The third-order valence-electron chi connectivity index (χ3n) is 4.46. The minimum absolute atomic E-state index is 0.0804. The van der Waals surface area contributed by atoms with E-state index in [2.05, 4.69) is 10.1 Å². The van der Waals surface area contributed by atoms with E-state index in [1.165, 1.54) is 18.2 Å². The first kappa shape index (κ1) is 18.8. The number of amides is 2. The molecule has 1 fully saturated rings. The molecule has 2 aromatic carbocycles. The summed E-state index contributed by atoms with van der Waals surface area (Å²) >= 11 is 0. The molecule has 5 nitrogen and oxygen atoms in total. The molecular weight excluding hydrogens is 354 g/mol. The molecule has 0 unspecified atom stereocenters. The number of ether oxygens (including phenoxy) is 1. The Morgan fingerprint density at radius 3 is 2.59 bits per heavy atom. The monoisotopic (exact) mass is 374 g/mol. The van der Waals surface area contributed by atoms with E-state index in [1.807, 2.05) is 30.3 Å². The number of carbonyl (C=O) groups excluding carboxylic acids is 2. The summed E-state index contributed by atoms with van der Waals surface area (Å²) in [6, 6.07) is 15.8. The van der Waals surface area contributed by atoms with Gasteiger partial charge in [-0.3, -0.25) is 9.59 Å². The van der Waals surface area contributed by atoms with Gasteiger partial charge in [0.15, 0.2) is 0 Å². The molecule has 0 bridgehead atoms. The fourth-order valence-electron chi connectivity index (χ4n) is 3.08. The van der Waals surface area contributed by atoms with Gasteiger partial charge >= 0.3 is 6.61 Å². The summed E-state index contributed by atoms with van der Waals surface area (Å²) in [6.07, 6.45) is 0.824. The van der Waals surface area contributed by atoms with Gasteiger partial charge in [-0.05, 0) is 24.1 Å². The van der Waals surface area contributed by atoms with Crippen molar-refractivity contribution in [1.82, 2.24) is 4.90 Å². The third kappa shape index (κ3) is 5.03. The Labute approximate surface area is 155 Å². The zero-order valence-electron chi connectivity index (χ0n) is 14.6. The van der Waals surface area contributed by atoms with Gasteiger partial charge in [-0.1, -0.05) is 42.5 Å². The van der Waals surface area contributed by atoms with Crippen molar-refractivity contribution in [2.45, 2.75) is 19.5 Å². The molecule has 0 radical (unpaired) electrons. The largest absolute Gasteiger partial charge is 0.433 e. The van der Waals surface area contributed by atoms with Gasteiger partial charge in [-0.15, -0.1) is 0 Å². The number of anilines is 1. The molecule has 0 aromatic heterocycles. The standard InChI is InChI=1S/C20H20F2N2O3/c21-20(22)27-17-9-5-4-8-16(17)23-19(26)15-12-18(25)24(13-15)11-10-14-6-2-1-3-7-14/h1-9,15,20H,10-13H2,(H,23,26)/t15-/m0/s1. The Kier molecular flexibility index (Phi) is 6.01. The summed E-state index contributed by atoms with van der Waals surface area (Å²) in [5.74, 6) is -1.09. The first-order valence-electron chi connectivity index (χ1n) is 8.69. The Balaban J connectivity index is 1.58. The average Bonchev–Trinajstić information content (AvgIpc) is 3.03. The van der Waals surface area contributed by atoms with Crippen LogP contribution in [0.2, 0.25) is 0 Å². The van der Waals surface area contributed by atoms with Gasteiger partial charge < -0.3 is 15.0 Å². The summed E-state index contributed by atoms with van der Waals surface area (Å²) in [5, 5.41) is 2.60. The molecule has 142 valence electrons. The van der Waals surface area contributed by atoms with Crippen LogP contribution < -0.4 is 10.1 Å². The maximum atomic E-state index is 12.5. The van der Waals surface area contributed by atoms with Gasteiger partial charge in [0, 0.05) is 19.5 Å². The van der Waals surface area contributed by atoms with Crippen LogP contribution in [0.3, 0.4) is 0 Å². The molecular formula is C20H20F2N2O3. The fourth-order valence-corrected chi connectivity index (χ4v) is 3.08. The molecule has 1 heterocycles. The van der Waals surface area contributed by atoms with Crippen LogP contribution in [0, 0.1) is 5.92 Å². The van der Waals surface area contributed by atoms with Gasteiger partial charge in [-0.2, -0.15) is 8.78 Å². The van der Waals surface area contributed by atoms with Crippen LogP contribution >= 0.6 is 0 Å². The molecule has 2 amide bonds. The predicted molar refractivity (Wildman–Crippen MR) is 96.5 cm³/mol. The van der Waals surface area contributed by atoms with Gasteiger partial charge in [0.2, 0.25) is 11.8 Å². The molecule has 1 atom stereocenters.